The first-order chi connectivity index (χ1) is 10.5. The van der Waals surface area contributed by atoms with Gasteiger partial charge in [-0.1, -0.05) is 20.8 Å². The number of ether oxygens (including phenoxy) is 2. The third kappa shape index (κ3) is 4.13. The van der Waals surface area contributed by atoms with Crippen molar-refractivity contribution in [3.05, 3.63) is 18.0 Å². The number of hydrogen-bond acceptors (Lipinski definition) is 4. The van der Waals surface area contributed by atoms with Crippen molar-refractivity contribution < 1.29 is 9.47 Å². The van der Waals surface area contributed by atoms with E-state index in [9.17, 15) is 0 Å². The van der Waals surface area contributed by atoms with Gasteiger partial charge in [-0.2, -0.15) is 0 Å². The first kappa shape index (κ1) is 17.1. The quantitative estimate of drug-likeness (QED) is 0.883. The van der Waals surface area contributed by atoms with Crippen LogP contribution in [0.25, 0.3) is 0 Å². The standard InChI is InChI=1S/C18H30N2O2/c1-18(2,3)13-6-8-14(9-7-13)20-15-10-11-19-16(12-21-4)17(15)22-5/h10-11,13-14H,6-9,12H2,1-5H3,(H,19,20)/t13-,14+. The number of aromatic nitrogens is 1. The van der Waals surface area contributed by atoms with Gasteiger partial charge in [0, 0.05) is 19.3 Å². The van der Waals surface area contributed by atoms with Crippen LogP contribution in [0.4, 0.5) is 5.69 Å². The van der Waals surface area contributed by atoms with E-state index < -0.39 is 0 Å². The molecule has 22 heavy (non-hydrogen) atoms. The molecule has 1 fully saturated rings. The van der Waals surface area contributed by atoms with Crippen LogP contribution in [0.3, 0.4) is 0 Å². The zero-order valence-electron chi connectivity index (χ0n) is 14.6. The summed E-state index contributed by atoms with van der Waals surface area (Å²) in [5, 5.41) is 3.65. The molecular formula is C18H30N2O2. The first-order valence-electron chi connectivity index (χ1n) is 8.23. The molecule has 1 aromatic rings. The van der Waals surface area contributed by atoms with Crippen LogP contribution < -0.4 is 10.1 Å². The van der Waals surface area contributed by atoms with Crippen molar-refractivity contribution in [2.24, 2.45) is 11.3 Å². The van der Waals surface area contributed by atoms with E-state index in [1.165, 1.54) is 25.7 Å². The summed E-state index contributed by atoms with van der Waals surface area (Å²) in [5.74, 6) is 1.64. The molecule has 0 spiro atoms. The Hall–Kier alpha value is -1.29. The topological polar surface area (TPSA) is 43.4 Å². The molecule has 1 aromatic heterocycles. The molecule has 0 amide bonds. The second kappa shape index (κ2) is 7.32. The van der Waals surface area contributed by atoms with E-state index in [2.05, 4.69) is 31.1 Å². The van der Waals surface area contributed by atoms with Crippen molar-refractivity contribution in [1.29, 1.82) is 0 Å². The highest BCUT2D eigenvalue weighted by Gasteiger charge is 2.30. The molecule has 0 aliphatic heterocycles. The van der Waals surface area contributed by atoms with E-state index in [0.717, 1.165) is 23.0 Å². The number of pyridine rings is 1. The van der Waals surface area contributed by atoms with Crippen LogP contribution in [-0.4, -0.2) is 25.2 Å². The molecule has 1 heterocycles. The molecule has 0 radical (unpaired) electrons. The number of rotatable bonds is 5. The van der Waals surface area contributed by atoms with Crippen LogP contribution in [0, 0.1) is 11.3 Å². The number of nitrogens with zero attached hydrogens (tertiary/aromatic N) is 1. The van der Waals surface area contributed by atoms with Gasteiger partial charge in [0.15, 0.2) is 5.75 Å². The monoisotopic (exact) mass is 306 g/mol. The van der Waals surface area contributed by atoms with Crippen LogP contribution in [0.5, 0.6) is 5.75 Å². The lowest BCUT2D eigenvalue weighted by molar-refractivity contribution is 0.173. The molecule has 0 atom stereocenters. The van der Waals surface area contributed by atoms with Gasteiger partial charge in [0.25, 0.3) is 0 Å². The van der Waals surface area contributed by atoms with Crippen molar-refractivity contribution in [3.63, 3.8) is 0 Å². The Morgan fingerprint density at radius 2 is 1.86 bits per heavy atom. The lowest BCUT2D eigenvalue weighted by atomic mass is 9.71. The van der Waals surface area contributed by atoms with Crippen molar-refractivity contribution in [1.82, 2.24) is 4.98 Å². The molecule has 0 saturated heterocycles. The number of nitrogens with one attached hydrogen (secondary N) is 1. The third-order valence-corrected chi connectivity index (χ3v) is 4.78. The zero-order valence-corrected chi connectivity index (χ0v) is 14.6. The summed E-state index contributed by atoms with van der Waals surface area (Å²) in [4.78, 5) is 4.35. The Bertz CT molecular complexity index is 474. The molecule has 4 heteroatoms. The summed E-state index contributed by atoms with van der Waals surface area (Å²) in [6.07, 6.45) is 6.83. The third-order valence-electron chi connectivity index (χ3n) is 4.78. The predicted molar refractivity (Wildman–Crippen MR) is 90.3 cm³/mol. The summed E-state index contributed by atoms with van der Waals surface area (Å²) in [7, 11) is 3.37. The minimum Gasteiger partial charge on any atom is -0.493 e. The predicted octanol–water partition coefficient (Wildman–Crippen LogP) is 4.25. The molecule has 124 valence electrons. The van der Waals surface area contributed by atoms with E-state index in [1.807, 2.05) is 12.3 Å². The van der Waals surface area contributed by atoms with Crippen LogP contribution in [-0.2, 0) is 11.3 Å². The van der Waals surface area contributed by atoms with Crippen LogP contribution in [0.15, 0.2) is 12.3 Å². The van der Waals surface area contributed by atoms with Gasteiger partial charge < -0.3 is 14.8 Å². The molecule has 0 aromatic carbocycles. The summed E-state index contributed by atoms with van der Waals surface area (Å²) in [6.45, 7) is 7.53. The van der Waals surface area contributed by atoms with Crippen molar-refractivity contribution >= 4 is 5.69 Å². The van der Waals surface area contributed by atoms with E-state index in [1.54, 1.807) is 14.2 Å². The first-order valence-corrected chi connectivity index (χ1v) is 8.23. The summed E-state index contributed by atoms with van der Waals surface area (Å²) >= 11 is 0. The zero-order chi connectivity index (χ0) is 16.2. The normalized spacial score (nSPS) is 22.4. The fraction of sp³-hybridized carbons (Fsp3) is 0.722. The molecule has 1 N–H and O–H groups in total. The summed E-state index contributed by atoms with van der Waals surface area (Å²) in [6, 6.07) is 2.51. The maximum absolute atomic E-state index is 5.54. The lowest BCUT2D eigenvalue weighted by Crippen LogP contribution is -2.31. The molecule has 2 rings (SSSR count). The van der Waals surface area contributed by atoms with E-state index in [0.29, 0.717) is 18.1 Å². The van der Waals surface area contributed by atoms with Gasteiger partial charge in [-0.25, -0.2) is 0 Å². The Kier molecular flexibility index (Phi) is 5.68. The minimum absolute atomic E-state index is 0.422. The minimum atomic E-state index is 0.422. The van der Waals surface area contributed by atoms with Gasteiger partial charge in [-0.3, -0.25) is 4.98 Å². The second-order valence-corrected chi connectivity index (χ2v) is 7.33. The average molecular weight is 306 g/mol. The fourth-order valence-electron chi connectivity index (χ4n) is 3.40. The second-order valence-electron chi connectivity index (χ2n) is 7.33. The molecule has 1 aliphatic rings. The van der Waals surface area contributed by atoms with Crippen molar-refractivity contribution in [2.75, 3.05) is 19.5 Å². The van der Waals surface area contributed by atoms with Gasteiger partial charge in [0.1, 0.15) is 5.69 Å². The highest BCUT2D eigenvalue weighted by atomic mass is 16.5. The number of hydrogen-bond donors (Lipinski definition) is 1. The lowest BCUT2D eigenvalue weighted by Gasteiger charge is -2.37. The van der Waals surface area contributed by atoms with E-state index in [4.69, 9.17) is 9.47 Å². The smallest absolute Gasteiger partial charge is 0.165 e. The molecular weight excluding hydrogens is 276 g/mol. The van der Waals surface area contributed by atoms with Crippen LogP contribution >= 0.6 is 0 Å². The Morgan fingerprint density at radius 1 is 1.18 bits per heavy atom. The molecule has 0 unspecified atom stereocenters. The maximum atomic E-state index is 5.54. The highest BCUT2D eigenvalue weighted by molar-refractivity contribution is 5.58. The van der Waals surface area contributed by atoms with Crippen LogP contribution in [0.1, 0.15) is 52.1 Å². The molecule has 1 saturated carbocycles. The van der Waals surface area contributed by atoms with Gasteiger partial charge in [0.2, 0.25) is 0 Å². The molecule has 4 nitrogen and oxygen atoms in total. The SMILES string of the molecule is COCc1nccc(N[C@H]2CC[C@@H](C(C)(C)C)CC2)c1OC. The molecule has 1 aliphatic carbocycles. The van der Waals surface area contributed by atoms with Gasteiger partial charge >= 0.3 is 0 Å². The van der Waals surface area contributed by atoms with Gasteiger partial charge in [-0.05, 0) is 43.1 Å². The van der Waals surface area contributed by atoms with Crippen molar-refractivity contribution in [2.45, 2.75) is 59.1 Å². The molecule has 0 bridgehead atoms. The largest absolute Gasteiger partial charge is 0.493 e. The van der Waals surface area contributed by atoms with Gasteiger partial charge in [0.05, 0.1) is 19.4 Å². The maximum Gasteiger partial charge on any atom is 0.165 e. The fourth-order valence-corrected chi connectivity index (χ4v) is 3.40. The summed E-state index contributed by atoms with van der Waals surface area (Å²) < 4.78 is 10.7. The van der Waals surface area contributed by atoms with E-state index in [-0.39, 0.29) is 0 Å². The van der Waals surface area contributed by atoms with Crippen LogP contribution in [0.2, 0.25) is 0 Å². The number of methoxy groups -OCH3 is 2. The highest BCUT2D eigenvalue weighted by Crippen LogP contribution is 2.39. The Labute approximate surface area is 134 Å². The Balaban J connectivity index is 2.02. The summed E-state index contributed by atoms with van der Waals surface area (Å²) in [5.41, 5.74) is 2.30. The van der Waals surface area contributed by atoms with Crippen molar-refractivity contribution in [3.8, 4) is 5.75 Å². The average Bonchev–Trinajstić information content (AvgIpc) is 2.47. The van der Waals surface area contributed by atoms with Gasteiger partial charge in [-0.15, -0.1) is 0 Å². The van der Waals surface area contributed by atoms with E-state index >= 15 is 0 Å². The Morgan fingerprint density at radius 3 is 2.41 bits per heavy atom. The number of anilines is 1.